The zero-order valence-electron chi connectivity index (χ0n) is 34.0. The van der Waals surface area contributed by atoms with E-state index >= 15 is 0 Å². The number of hydrogen-bond donors (Lipinski definition) is 1. The molecule has 0 saturated carbocycles. The van der Waals surface area contributed by atoms with Crippen molar-refractivity contribution in [2.45, 2.75) is 125 Å². The van der Waals surface area contributed by atoms with Gasteiger partial charge in [-0.05, 0) is 36.6 Å². The molecule has 0 bridgehead atoms. The molecule has 0 unspecified atom stereocenters. The SMILES string of the molecule is CC(=O)OC[C@H]1O[C@@H](OC=CCCOCCCC(F)(F)C(F)(F)C(F)(F)C(F)(F)C(F)(F)C(F)(F)C(F)(F)C(F)(F)F)[C@H](NC(=O)OCc2ccc([N+](=O)[O-])cc2)[C@@H](OC(C)=O)[C@@H]1OC(C)=O. The van der Waals surface area contributed by atoms with Gasteiger partial charge < -0.3 is 38.5 Å². The molecule has 1 heterocycles. The molecule has 0 radical (unpaired) electrons. The third-order valence-corrected chi connectivity index (χ3v) is 8.81. The highest BCUT2D eigenvalue weighted by atomic mass is 19.4. The Morgan fingerprint density at radius 2 is 1.21 bits per heavy atom. The van der Waals surface area contributed by atoms with Gasteiger partial charge in [-0.15, -0.1) is 0 Å². The van der Waals surface area contributed by atoms with E-state index < -0.39 is 146 Å². The Kier molecular flexibility index (Phi) is 18.7. The number of non-ortho nitro benzene ring substituents is 1. The predicted molar refractivity (Wildman–Crippen MR) is 182 cm³/mol. The molecule has 1 saturated heterocycles. The second-order valence-electron chi connectivity index (χ2n) is 13.8. The summed E-state index contributed by atoms with van der Waals surface area (Å²) in [6.45, 7) is -0.249. The van der Waals surface area contributed by atoms with Crippen molar-refractivity contribution in [3.63, 3.8) is 0 Å². The molecular formula is C35H35F17N2O13. The first-order valence-corrected chi connectivity index (χ1v) is 18.3. The molecule has 32 heteroatoms. The Hall–Kier alpha value is -5.43. The fourth-order valence-corrected chi connectivity index (χ4v) is 5.42. The third kappa shape index (κ3) is 13.0. The second-order valence-corrected chi connectivity index (χ2v) is 13.8. The van der Waals surface area contributed by atoms with Crippen LogP contribution >= 0.6 is 0 Å². The summed E-state index contributed by atoms with van der Waals surface area (Å²) >= 11 is 0. The molecular weight excluding hydrogens is 979 g/mol. The molecule has 2 rings (SSSR count). The maximum Gasteiger partial charge on any atom is 0.460 e. The highest BCUT2D eigenvalue weighted by Gasteiger charge is 2.95. The molecule has 1 aliphatic rings. The van der Waals surface area contributed by atoms with E-state index in [2.05, 4.69) is 5.32 Å². The van der Waals surface area contributed by atoms with Gasteiger partial charge in [-0.2, -0.15) is 74.6 Å². The smallest absolute Gasteiger partial charge is 0.460 e. The van der Waals surface area contributed by atoms with E-state index in [1.165, 1.54) is 12.1 Å². The number of nitrogens with zero attached hydrogens (tertiary/aromatic N) is 1. The largest absolute Gasteiger partial charge is 0.470 e. The van der Waals surface area contributed by atoms with Gasteiger partial charge >= 0.3 is 71.6 Å². The van der Waals surface area contributed by atoms with Crippen molar-refractivity contribution < 1.29 is 132 Å². The van der Waals surface area contributed by atoms with Gasteiger partial charge in [-0.25, -0.2) is 4.79 Å². The lowest BCUT2D eigenvalue weighted by atomic mass is 9.88. The molecule has 0 aliphatic carbocycles. The van der Waals surface area contributed by atoms with E-state index in [4.69, 9.17) is 33.2 Å². The van der Waals surface area contributed by atoms with E-state index in [9.17, 15) is 104 Å². The average molecular weight is 1010 g/mol. The summed E-state index contributed by atoms with van der Waals surface area (Å²) in [5.74, 6) is -60.1. The minimum atomic E-state index is -8.74. The molecule has 67 heavy (non-hydrogen) atoms. The summed E-state index contributed by atoms with van der Waals surface area (Å²) in [6, 6.07) is 2.96. The molecule has 0 spiro atoms. The van der Waals surface area contributed by atoms with Crippen LogP contribution in [-0.2, 0) is 54.1 Å². The van der Waals surface area contributed by atoms with Crippen LogP contribution in [0.1, 0.15) is 45.6 Å². The lowest BCUT2D eigenvalue weighted by Gasteiger charge is -2.44. The number of nitrogens with one attached hydrogen (secondary N) is 1. The van der Waals surface area contributed by atoms with Gasteiger partial charge in [-0.1, -0.05) is 0 Å². The molecule has 1 N–H and O–H groups in total. The molecule has 1 aliphatic heterocycles. The maximum absolute atomic E-state index is 14.2. The number of halogens is 17. The van der Waals surface area contributed by atoms with Crippen molar-refractivity contribution in [2.24, 2.45) is 0 Å². The standard InChI is InChI=1S/C35H35F17N2O13/c1-17(55)63-16-22-24(65-18(2)56)25(66-19(3)57)23(53-27(58)64-15-20-7-9-21(10-8-20)54(59)60)26(67-22)62-14-5-4-12-61-13-6-11-28(36,37)29(38,39)30(40,41)31(42,43)32(44,45)33(46,47)34(48,49)35(50,51)52/h5,7-10,14,22-26H,4,6,11-13,15-16H2,1-3H3,(H,53,58)/t22-,23-,24-,25-,26-/m1/s1. The maximum atomic E-state index is 14.2. The monoisotopic (exact) mass is 1010 g/mol. The number of hydrogen-bond acceptors (Lipinski definition) is 13. The van der Waals surface area contributed by atoms with Crippen LogP contribution in [-0.4, -0.2) is 127 Å². The van der Waals surface area contributed by atoms with Crippen LogP contribution in [0.4, 0.5) is 85.1 Å². The summed E-state index contributed by atoms with van der Waals surface area (Å²) in [5.41, 5.74) is -0.0637. The van der Waals surface area contributed by atoms with Gasteiger partial charge in [0.1, 0.15) is 25.4 Å². The van der Waals surface area contributed by atoms with Crippen LogP contribution < -0.4 is 5.32 Å². The Bertz CT molecular complexity index is 1920. The van der Waals surface area contributed by atoms with Gasteiger partial charge in [0.15, 0.2) is 12.2 Å². The number of nitro groups is 1. The van der Waals surface area contributed by atoms with Crippen LogP contribution in [0.15, 0.2) is 36.6 Å². The Morgan fingerprint density at radius 3 is 1.70 bits per heavy atom. The first-order valence-electron chi connectivity index (χ1n) is 18.3. The second kappa shape index (κ2) is 21.7. The summed E-state index contributed by atoms with van der Waals surface area (Å²) < 4.78 is 266. The number of rotatable bonds is 23. The zero-order valence-corrected chi connectivity index (χ0v) is 34.0. The number of ether oxygens (including phenoxy) is 7. The summed E-state index contributed by atoms with van der Waals surface area (Å²) in [5, 5.41) is 13.2. The lowest BCUT2D eigenvalue weighted by Crippen LogP contribution is -2.74. The lowest BCUT2D eigenvalue weighted by molar-refractivity contribution is -0.461. The van der Waals surface area contributed by atoms with Gasteiger partial charge in [0, 0.05) is 45.9 Å². The van der Waals surface area contributed by atoms with Crippen molar-refractivity contribution in [2.75, 3.05) is 19.8 Å². The highest BCUT2D eigenvalue weighted by Crippen LogP contribution is 2.64. The van der Waals surface area contributed by atoms with Crippen LogP contribution in [0.3, 0.4) is 0 Å². The minimum Gasteiger partial charge on any atom is -0.470 e. The Balaban J connectivity index is 2.19. The molecule has 1 amide bonds. The van der Waals surface area contributed by atoms with E-state index in [0.29, 0.717) is 0 Å². The van der Waals surface area contributed by atoms with Crippen molar-refractivity contribution >= 4 is 29.7 Å². The number of carbonyl (C=O) groups excluding carboxylic acids is 4. The van der Waals surface area contributed by atoms with Gasteiger partial charge in [0.2, 0.25) is 6.29 Å². The average Bonchev–Trinajstić information content (AvgIpc) is 3.19. The quantitative estimate of drug-likeness (QED) is 0.0211. The third-order valence-electron chi connectivity index (χ3n) is 8.81. The number of amides is 1. The van der Waals surface area contributed by atoms with Crippen molar-refractivity contribution in [1.82, 2.24) is 5.32 Å². The van der Waals surface area contributed by atoms with E-state index in [1.807, 2.05) is 0 Å². The number of alkyl halides is 17. The molecule has 1 fully saturated rings. The van der Waals surface area contributed by atoms with E-state index in [-0.39, 0.29) is 17.7 Å². The summed E-state index contributed by atoms with van der Waals surface area (Å²) in [4.78, 5) is 58.9. The minimum absolute atomic E-state index is 0.238. The van der Waals surface area contributed by atoms with Crippen molar-refractivity contribution in [1.29, 1.82) is 0 Å². The van der Waals surface area contributed by atoms with Crippen molar-refractivity contribution in [3.8, 4) is 0 Å². The normalized spacial score (nSPS) is 20.2. The molecule has 15 nitrogen and oxygen atoms in total. The fraction of sp³-hybridized carbons (Fsp3) is 0.657. The topological polar surface area (TPSA) is 188 Å². The molecule has 5 atom stereocenters. The molecule has 0 aromatic heterocycles. The molecule has 1 aromatic rings. The first kappa shape index (κ1) is 57.7. The Labute approximate surface area is 364 Å². The van der Waals surface area contributed by atoms with Crippen LogP contribution in [0.2, 0.25) is 0 Å². The van der Waals surface area contributed by atoms with E-state index in [0.717, 1.165) is 45.2 Å². The van der Waals surface area contributed by atoms with Gasteiger partial charge in [-0.3, -0.25) is 24.5 Å². The zero-order chi connectivity index (χ0) is 51.8. The number of benzene rings is 1. The fourth-order valence-electron chi connectivity index (χ4n) is 5.42. The molecule has 1 aromatic carbocycles. The first-order chi connectivity index (χ1) is 30.4. The van der Waals surface area contributed by atoms with Crippen molar-refractivity contribution in [3.05, 3.63) is 52.3 Å². The molecule has 382 valence electrons. The summed E-state index contributed by atoms with van der Waals surface area (Å²) in [6.07, 6.45) is -18.7. The number of nitro benzene ring substituents is 1. The van der Waals surface area contributed by atoms with Crippen LogP contribution in [0.25, 0.3) is 0 Å². The number of alkyl carbamates (subject to hydrolysis) is 1. The number of carbonyl (C=O) groups is 4. The van der Waals surface area contributed by atoms with E-state index in [1.54, 1.807) is 0 Å². The number of esters is 3. The van der Waals surface area contributed by atoms with Crippen LogP contribution in [0.5, 0.6) is 0 Å². The van der Waals surface area contributed by atoms with Gasteiger partial charge in [0.25, 0.3) is 5.69 Å². The van der Waals surface area contributed by atoms with Gasteiger partial charge in [0.05, 0.1) is 17.8 Å². The van der Waals surface area contributed by atoms with Crippen LogP contribution in [0, 0.1) is 10.1 Å². The Morgan fingerprint density at radius 1 is 0.701 bits per heavy atom. The highest BCUT2D eigenvalue weighted by molar-refractivity contribution is 5.69. The predicted octanol–water partition coefficient (Wildman–Crippen LogP) is 8.07. The summed E-state index contributed by atoms with van der Waals surface area (Å²) in [7, 11) is 0.